The van der Waals surface area contributed by atoms with Gasteiger partial charge in [0.15, 0.2) is 0 Å². The van der Waals surface area contributed by atoms with Crippen molar-refractivity contribution in [3.8, 4) is 0 Å². The molecular weight excluding hydrogens is 308 g/mol. The summed E-state index contributed by atoms with van der Waals surface area (Å²) in [5, 5.41) is 8.52. The van der Waals surface area contributed by atoms with Crippen LogP contribution in [0.1, 0.15) is 19.3 Å². The molecule has 22 heavy (non-hydrogen) atoms. The van der Waals surface area contributed by atoms with Gasteiger partial charge >= 0.3 is 5.97 Å². The Morgan fingerprint density at radius 2 is 1.82 bits per heavy atom. The first-order valence-corrected chi connectivity index (χ1v) is 8.31. The topological polar surface area (TPSA) is 104 Å². The fraction of sp³-hybridized carbons (Fsp3) is 0.429. The number of carbonyl (C=O) groups is 2. The largest absolute Gasteiger partial charge is 0.481 e. The Kier molecular flexibility index (Phi) is 7.00. The maximum atomic E-state index is 11.9. The van der Waals surface area contributed by atoms with Gasteiger partial charge in [0, 0.05) is 33.0 Å². The molecule has 0 aliphatic carbocycles. The Hall–Kier alpha value is -1.93. The van der Waals surface area contributed by atoms with Crippen LogP contribution in [-0.2, 0) is 19.6 Å². The maximum absolute atomic E-state index is 11.9. The molecule has 2 N–H and O–H groups in total. The zero-order valence-electron chi connectivity index (χ0n) is 12.4. The lowest BCUT2D eigenvalue weighted by Crippen LogP contribution is -2.32. The van der Waals surface area contributed by atoms with Gasteiger partial charge in [-0.2, -0.15) is 0 Å². The fourth-order valence-electron chi connectivity index (χ4n) is 1.76. The van der Waals surface area contributed by atoms with Crippen LogP contribution in [0.5, 0.6) is 0 Å². The Balaban J connectivity index is 2.37. The molecule has 8 heteroatoms. The molecule has 0 unspecified atom stereocenters. The minimum Gasteiger partial charge on any atom is -0.481 e. The summed E-state index contributed by atoms with van der Waals surface area (Å²) in [6.07, 6.45) is 0.390. The average molecular weight is 328 g/mol. The second-order valence-corrected chi connectivity index (χ2v) is 6.54. The van der Waals surface area contributed by atoms with Crippen LogP contribution >= 0.6 is 0 Å². The van der Waals surface area contributed by atoms with E-state index in [0.717, 1.165) is 0 Å². The Labute approximate surface area is 130 Å². The summed E-state index contributed by atoms with van der Waals surface area (Å²) in [4.78, 5) is 23.7. The second kappa shape index (κ2) is 8.50. The Bertz CT molecular complexity index is 601. The summed E-state index contributed by atoms with van der Waals surface area (Å²) in [5.41, 5.74) is 0. The number of nitrogens with one attached hydrogen (secondary N) is 1. The fourth-order valence-corrected chi connectivity index (χ4v) is 2.81. The van der Waals surface area contributed by atoms with Crippen LogP contribution in [0.3, 0.4) is 0 Å². The molecule has 0 aliphatic rings. The zero-order valence-corrected chi connectivity index (χ0v) is 13.2. The molecule has 0 atom stereocenters. The lowest BCUT2D eigenvalue weighted by Gasteiger charge is -2.16. The van der Waals surface area contributed by atoms with Crippen molar-refractivity contribution in [2.45, 2.75) is 24.2 Å². The van der Waals surface area contributed by atoms with E-state index in [1.165, 1.54) is 17.0 Å². The van der Waals surface area contributed by atoms with Crippen molar-refractivity contribution in [2.75, 3.05) is 20.1 Å². The molecule has 1 aromatic rings. The number of hydrogen-bond acceptors (Lipinski definition) is 4. The number of aliphatic carboxylic acids is 1. The lowest BCUT2D eigenvalue weighted by molar-refractivity contribution is -0.138. The summed E-state index contributed by atoms with van der Waals surface area (Å²) >= 11 is 0. The first-order chi connectivity index (χ1) is 10.3. The van der Waals surface area contributed by atoms with E-state index < -0.39 is 16.0 Å². The molecule has 0 aliphatic heterocycles. The van der Waals surface area contributed by atoms with Crippen molar-refractivity contribution < 1.29 is 23.1 Å². The molecule has 0 radical (unpaired) electrons. The molecule has 0 saturated heterocycles. The highest BCUT2D eigenvalue weighted by molar-refractivity contribution is 7.89. The zero-order chi connectivity index (χ0) is 16.6. The van der Waals surface area contributed by atoms with Crippen molar-refractivity contribution in [1.29, 1.82) is 0 Å². The quantitative estimate of drug-likeness (QED) is 0.694. The van der Waals surface area contributed by atoms with E-state index in [0.29, 0.717) is 13.0 Å². The van der Waals surface area contributed by atoms with E-state index in [1.807, 2.05) is 0 Å². The van der Waals surface area contributed by atoms with Gasteiger partial charge in [0.2, 0.25) is 15.9 Å². The van der Waals surface area contributed by atoms with E-state index in [2.05, 4.69) is 4.72 Å². The van der Waals surface area contributed by atoms with E-state index in [9.17, 15) is 18.0 Å². The van der Waals surface area contributed by atoms with Gasteiger partial charge in [-0.3, -0.25) is 9.59 Å². The molecule has 0 heterocycles. The number of hydrogen-bond donors (Lipinski definition) is 2. The lowest BCUT2D eigenvalue weighted by atomic mass is 10.3. The van der Waals surface area contributed by atoms with Crippen LogP contribution in [0.2, 0.25) is 0 Å². The molecule has 122 valence electrons. The van der Waals surface area contributed by atoms with Crippen LogP contribution < -0.4 is 4.72 Å². The second-order valence-electron chi connectivity index (χ2n) is 4.77. The van der Waals surface area contributed by atoms with Gasteiger partial charge in [-0.25, -0.2) is 13.1 Å². The van der Waals surface area contributed by atoms with Crippen LogP contribution in [-0.4, -0.2) is 50.4 Å². The highest BCUT2D eigenvalue weighted by Crippen LogP contribution is 2.07. The maximum Gasteiger partial charge on any atom is 0.303 e. The van der Waals surface area contributed by atoms with Gasteiger partial charge in [-0.1, -0.05) is 18.2 Å². The third-order valence-electron chi connectivity index (χ3n) is 2.99. The molecule has 1 aromatic carbocycles. The predicted octanol–water partition coefficient (Wildman–Crippen LogP) is 0.678. The van der Waals surface area contributed by atoms with Gasteiger partial charge in [0.05, 0.1) is 4.90 Å². The van der Waals surface area contributed by atoms with Crippen molar-refractivity contribution in [2.24, 2.45) is 0 Å². The van der Waals surface area contributed by atoms with E-state index in [1.54, 1.807) is 25.2 Å². The van der Waals surface area contributed by atoms with E-state index >= 15 is 0 Å². The van der Waals surface area contributed by atoms with Gasteiger partial charge in [0.25, 0.3) is 0 Å². The van der Waals surface area contributed by atoms with Gasteiger partial charge in [-0.15, -0.1) is 0 Å². The summed E-state index contributed by atoms with van der Waals surface area (Å²) in [6.45, 7) is 0.329. The monoisotopic (exact) mass is 328 g/mol. The number of benzene rings is 1. The molecule has 0 fully saturated rings. The Morgan fingerprint density at radius 3 is 2.41 bits per heavy atom. The average Bonchev–Trinajstić information content (AvgIpc) is 2.47. The van der Waals surface area contributed by atoms with Crippen molar-refractivity contribution in [1.82, 2.24) is 9.62 Å². The van der Waals surface area contributed by atoms with Gasteiger partial charge < -0.3 is 10.0 Å². The van der Waals surface area contributed by atoms with Crippen molar-refractivity contribution >= 4 is 21.9 Å². The number of sulfonamides is 1. The molecule has 7 nitrogen and oxygen atoms in total. The van der Waals surface area contributed by atoms with E-state index in [-0.39, 0.29) is 30.2 Å². The molecule has 0 aromatic heterocycles. The van der Waals surface area contributed by atoms with Crippen molar-refractivity contribution in [3.63, 3.8) is 0 Å². The van der Waals surface area contributed by atoms with Crippen LogP contribution in [0.25, 0.3) is 0 Å². The number of amides is 1. The minimum absolute atomic E-state index is 0.000663. The third kappa shape index (κ3) is 6.23. The highest BCUT2D eigenvalue weighted by Gasteiger charge is 2.14. The van der Waals surface area contributed by atoms with E-state index in [4.69, 9.17) is 5.11 Å². The number of rotatable bonds is 9. The van der Waals surface area contributed by atoms with Gasteiger partial charge in [-0.05, 0) is 18.6 Å². The third-order valence-corrected chi connectivity index (χ3v) is 4.47. The van der Waals surface area contributed by atoms with Crippen molar-refractivity contribution in [3.05, 3.63) is 30.3 Å². The number of carboxylic acid groups (broad SMARTS) is 1. The first-order valence-electron chi connectivity index (χ1n) is 6.83. The SMILES string of the molecule is CN(CCCC(=O)O)C(=O)CCNS(=O)(=O)c1ccccc1. The molecule has 0 spiro atoms. The predicted molar refractivity (Wildman–Crippen MR) is 80.8 cm³/mol. The number of carboxylic acids is 1. The highest BCUT2D eigenvalue weighted by atomic mass is 32.2. The first kappa shape index (κ1) is 18.1. The summed E-state index contributed by atoms with van der Waals surface area (Å²) in [5.74, 6) is -1.14. The van der Waals surface area contributed by atoms with Crippen LogP contribution in [0, 0.1) is 0 Å². The Morgan fingerprint density at radius 1 is 1.18 bits per heavy atom. The van der Waals surface area contributed by atoms with Crippen LogP contribution in [0.4, 0.5) is 0 Å². The molecular formula is C14H20N2O5S. The number of nitrogens with zero attached hydrogens (tertiary/aromatic N) is 1. The summed E-state index contributed by atoms with van der Waals surface area (Å²) in [7, 11) is -2.04. The minimum atomic E-state index is -3.61. The molecule has 1 rings (SSSR count). The normalized spacial score (nSPS) is 11.1. The number of carbonyl (C=O) groups excluding carboxylic acids is 1. The smallest absolute Gasteiger partial charge is 0.303 e. The molecule has 1 amide bonds. The standard InChI is InChI=1S/C14H20N2O5S/c1-16(11-5-8-14(18)19)13(17)9-10-15-22(20,21)12-6-3-2-4-7-12/h2-4,6-7,15H,5,8-11H2,1H3,(H,18,19). The summed E-state index contributed by atoms with van der Waals surface area (Å²) in [6, 6.07) is 7.91. The van der Waals surface area contributed by atoms with Crippen LogP contribution in [0.15, 0.2) is 35.2 Å². The molecule has 0 bridgehead atoms. The molecule has 0 saturated carbocycles. The van der Waals surface area contributed by atoms with Gasteiger partial charge in [0.1, 0.15) is 0 Å². The summed E-state index contributed by atoms with van der Waals surface area (Å²) < 4.78 is 26.2.